The first-order valence-electron chi connectivity index (χ1n) is 8.64. The molecule has 0 atom stereocenters. The Morgan fingerprint density at radius 1 is 1.17 bits per heavy atom. The molecule has 0 saturated heterocycles. The van der Waals surface area contributed by atoms with E-state index in [1.54, 1.807) is 0 Å². The fourth-order valence-corrected chi connectivity index (χ4v) is 4.02. The lowest BCUT2D eigenvalue weighted by molar-refractivity contribution is 0.403. The van der Waals surface area contributed by atoms with E-state index in [1.807, 2.05) is 11.1 Å². The van der Waals surface area contributed by atoms with Gasteiger partial charge in [0.1, 0.15) is 0 Å². The summed E-state index contributed by atoms with van der Waals surface area (Å²) in [6, 6.07) is 8.84. The second kappa shape index (κ2) is 8.25. The van der Waals surface area contributed by atoms with E-state index < -0.39 is 0 Å². The van der Waals surface area contributed by atoms with Gasteiger partial charge >= 0.3 is 0 Å². The van der Waals surface area contributed by atoms with Crippen LogP contribution in [0.1, 0.15) is 56.9 Å². The predicted octanol–water partition coefficient (Wildman–Crippen LogP) is 4.85. The van der Waals surface area contributed by atoms with Gasteiger partial charge in [0.15, 0.2) is 5.11 Å². The second-order valence-electron chi connectivity index (χ2n) is 6.42. The molecule has 1 saturated carbocycles. The summed E-state index contributed by atoms with van der Waals surface area (Å²) >= 11 is 9.13. The number of halogens is 1. The summed E-state index contributed by atoms with van der Waals surface area (Å²) in [5.74, 6) is 0. The van der Waals surface area contributed by atoms with Crippen molar-refractivity contribution in [3.05, 3.63) is 34.3 Å². The first-order chi connectivity index (χ1) is 11.2. The molecule has 1 heterocycles. The summed E-state index contributed by atoms with van der Waals surface area (Å²) in [5.41, 5.74) is 2.30. The first kappa shape index (κ1) is 16.9. The highest BCUT2D eigenvalue weighted by Gasteiger charge is 2.21. The Morgan fingerprint density at radius 3 is 2.65 bits per heavy atom. The van der Waals surface area contributed by atoms with Crippen LogP contribution in [-0.2, 0) is 0 Å². The van der Waals surface area contributed by atoms with Gasteiger partial charge in [-0.15, -0.1) is 0 Å². The zero-order valence-electron chi connectivity index (χ0n) is 13.4. The fourth-order valence-electron chi connectivity index (χ4n) is 3.32. The van der Waals surface area contributed by atoms with Crippen LogP contribution in [0.15, 0.2) is 33.8 Å². The van der Waals surface area contributed by atoms with Crippen LogP contribution in [0.25, 0.3) is 0 Å². The Balaban J connectivity index is 1.59. The number of nitrogens with one attached hydrogen (secondary N) is 1. The number of hydrogen-bond donors (Lipinski definition) is 1. The average Bonchev–Trinajstić information content (AvgIpc) is 3.00. The molecule has 0 radical (unpaired) electrons. The lowest BCUT2D eigenvalue weighted by atomic mass is 9.97. The highest BCUT2D eigenvalue weighted by molar-refractivity contribution is 9.10. The second-order valence-corrected chi connectivity index (χ2v) is 7.72. The molecule has 0 amide bonds. The third kappa shape index (κ3) is 4.77. The molecule has 5 heteroatoms. The largest absolute Gasteiger partial charge is 0.358 e. The average molecular weight is 394 g/mol. The molecule has 1 aromatic carbocycles. The molecule has 1 N–H and O–H groups in total. The highest BCUT2D eigenvalue weighted by atomic mass is 79.9. The molecule has 0 aromatic heterocycles. The van der Waals surface area contributed by atoms with Crippen molar-refractivity contribution in [1.82, 2.24) is 10.3 Å². The summed E-state index contributed by atoms with van der Waals surface area (Å²) in [5, 5.41) is 11.0. The number of nitrogens with zero attached hydrogens (tertiary/aromatic N) is 2. The predicted molar refractivity (Wildman–Crippen MR) is 104 cm³/mol. The minimum absolute atomic E-state index is 0.521. The normalized spacial score (nSPS) is 19.9. The van der Waals surface area contributed by atoms with Crippen molar-refractivity contribution in [3.63, 3.8) is 0 Å². The molecule has 1 aromatic rings. The zero-order valence-corrected chi connectivity index (χ0v) is 15.8. The topological polar surface area (TPSA) is 27.6 Å². The highest BCUT2D eigenvalue weighted by Crippen LogP contribution is 2.20. The van der Waals surface area contributed by atoms with Gasteiger partial charge in [-0.25, -0.2) is 5.01 Å². The van der Waals surface area contributed by atoms with Crippen molar-refractivity contribution in [2.75, 3.05) is 6.54 Å². The molecule has 124 valence electrons. The third-order valence-electron chi connectivity index (χ3n) is 4.63. The van der Waals surface area contributed by atoms with Crippen molar-refractivity contribution < 1.29 is 0 Å². The Kier molecular flexibility index (Phi) is 6.06. The number of hydrogen-bond acceptors (Lipinski definition) is 2. The Bertz CT molecular complexity index is 579. The quantitative estimate of drug-likeness (QED) is 0.727. The smallest absolute Gasteiger partial charge is 0.189 e. The molecule has 1 fully saturated rings. The molecule has 3 rings (SSSR count). The number of hydrazone groups is 1. The maximum absolute atomic E-state index is 5.60. The van der Waals surface area contributed by atoms with E-state index >= 15 is 0 Å². The van der Waals surface area contributed by atoms with Crippen LogP contribution in [0.3, 0.4) is 0 Å². The van der Waals surface area contributed by atoms with E-state index in [1.165, 1.54) is 50.5 Å². The van der Waals surface area contributed by atoms with Gasteiger partial charge in [0, 0.05) is 23.5 Å². The minimum atomic E-state index is 0.521. The maximum Gasteiger partial charge on any atom is 0.189 e. The molecule has 0 unspecified atom stereocenters. The fraction of sp³-hybridized carbons (Fsp3) is 0.556. The van der Waals surface area contributed by atoms with Crippen molar-refractivity contribution in [3.8, 4) is 0 Å². The first-order valence-corrected chi connectivity index (χ1v) is 9.84. The number of rotatable bonds is 2. The van der Waals surface area contributed by atoms with Crippen LogP contribution in [0, 0.1) is 0 Å². The standard InChI is InChI=1S/C18H24BrN3S/c19-15-8-6-7-14(13-15)17-11-12-22(21-17)18(23)20-16-9-4-2-1-3-5-10-16/h6-8,13,16H,1-5,9-12H2,(H,20,23). The zero-order chi connectivity index (χ0) is 16.1. The van der Waals surface area contributed by atoms with Crippen LogP contribution in [0.5, 0.6) is 0 Å². The van der Waals surface area contributed by atoms with Gasteiger partial charge in [0.25, 0.3) is 0 Å². The van der Waals surface area contributed by atoms with E-state index in [0.717, 1.165) is 28.3 Å². The van der Waals surface area contributed by atoms with Crippen molar-refractivity contribution in [1.29, 1.82) is 0 Å². The molecular formula is C18H24BrN3S. The number of benzene rings is 1. The Morgan fingerprint density at radius 2 is 1.91 bits per heavy atom. The molecule has 1 aliphatic heterocycles. The summed E-state index contributed by atoms with van der Waals surface area (Å²) in [4.78, 5) is 0. The molecule has 23 heavy (non-hydrogen) atoms. The van der Waals surface area contributed by atoms with Crippen molar-refractivity contribution >= 4 is 39.0 Å². The monoisotopic (exact) mass is 393 g/mol. The molecule has 3 nitrogen and oxygen atoms in total. The van der Waals surface area contributed by atoms with Gasteiger partial charge < -0.3 is 5.32 Å². The minimum Gasteiger partial charge on any atom is -0.358 e. The van der Waals surface area contributed by atoms with E-state index in [2.05, 4.69) is 39.4 Å². The van der Waals surface area contributed by atoms with E-state index in [4.69, 9.17) is 17.3 Å². The van der Waals surface area contributed by atoms with Crippen LogP contribution in [0.4, 0.5) is 0 Å². The van der Waals surface area contributed by atoms with E-state index in [0.29, 0.717) is 6.04 Å². The van der Waals surface area contributed by atoms with Gasteiger partial charge in [-0.3, -0.25) is 0 Å². The molecule has 0 spiro atoms. The summed E-state index contributed by atoms with van der Waals surface area (Å²) < 4.78 is 1.09. The van der Waals surface area contributed by atoms with Crippen LogP contribution >= 0.6 is 28.1 Å². The van der Waals surface area contributed by atoms with E-state index in [-0.39, 0.29) is 0 Å². The third-order valence-corrected chi connectivity index (χ3v) is 5.45. The van der Waals surface area contributed by atoms with Gasteiger partial charge in [0.2, 0.25) is 0 Å². The van der Waals surface area contributed by atoms with Gasteiger partial charge in [0.05, 0.1) is 5.71 Å². The van der Waals surface area contributed by atoms with E-state index in [9.17, 15) is 0 Å². The van der Waals surface area contributed by atoms with Crippen molar-refractivity contribution in [2.24, 2.45) is 5.10 Å². The summed E-state index contributed by atoms with van der Waals surface area (Å²) in [6.45, 7) is 0.875. The van der Waals surface area contributed by atoms with Gasteiger partial charge in [-0.05, 0) is 42.8 Å². The van der Waals surface area contributed by atoms with Crippen LogP contribution in [0.2, 0.25) is 0 Å². The molecule has 1 aliphatic carbocycles. The maximum atomic E-state index is 5.60. The van der Waals surface area contributed by atoms with Gasteiger partial charge in [-0.1, -0.05) is 60.2 Å². The molecule has 2 aliphatic rings. The lowest BCUT2D eigenvalue weighted by Crippen LogP contribution is -2.41. The lowest BCUT2D eigenvalue weighted by Gasteiger charge is -2.25. The Hall–Kier alpha value is -0.940. The number of thiocarbonyl (C=S) groups is 1. The van der Waals surface area contributed by atoms with Gasteiger partial charge in [-0.2, -0.15) is 5.10 Å². The molecular weight excluding hydrogens is 370 g/mol. The van der Waals surface area contributed by atoms with Crippen LogP contribution in [-0.4, -0.2) is 28.4 Å². The molecule has 0 bridgehead atoms. The SMILES string of the molecule is S=C(NC1CCCCCCC1)N1CCC(c2cccc(Br)c2)=N1. The summed E-state index contributed by atoms with van der Waals surface area (Å²) in [6.07, 6.45) is 10.2. The van der Waals surface area contributed by atoms with Crippen molar-refractivity contribution in [2.45, 2.75) is 57.4 Å². The Labute approximate surface area is 152 Å². The van der Waals surface area contributed by atoms with Crippen LogP contribution < -0.4 is 5.32 Å². The summed E-state index contributed by atoms with van der Waals surface area (Å²) in [7, 11) is 0.